The summed E-state index contributed by atoms with van der Waals surface area (Å²) in [5, 5.41) is 12.1. The fraction of sp³-hybridized carbons (Fsp3) is 0.438. The molecule has 0 spiro atoms. The summed E-state index contributed by atoms with van der Waals surface area (Å²) in [7, 11) is 0. The van der Waals surface area contributed by atoms with E-state index in [1.54, 1.807) is 13.5 Å². The molecule has 1 aliphatic rings. The smallest absolute Gasteiger partial charge is 0.0858 e. The van der Waals surface area contributed by atoms with Gasteiger partial charge in [0.05, 0.1) is 11.4 Å². The first-order chi connectivity index (χ1) is 9.70. The van der Waals surface area contributed by atoms with Crippen molar-refractivity contribution in [1.82, 2.24) is 0 Å². The van der Waals surface area contributed by atoms with Crippen LogP contribution >= 0.6 is 0 Å². The maximum absolute atomic E-state index is 8.87. The minimum Gasteiger partial charge on any atom is -0.549 e. The molecule has 1 atom stereocenters. The van der Waals surface area contributed by atoms with E-state index in [2.05, 4.69) is 10.1 Å². The van der Waals surface area contributed by atoms with E-state index in [4.69, 9.17) is 9.94 Å². The van der Waals surface area contributed by atoms with Crippen molar-refractivity contribution in [2.45, 2.75) is 46.6 Å². The number of hydrogen-bond donors (Lipinski definition) is 1. The van der Waals surface area contributed by atoms with E-state index in [1.165, 1.54) is 0 Å². The Bertz CT molecular complexity index is 487. The second kappa shape index (κ2) is 11.4. The predicted molar refractivity (Wildman–Crippen MR) is 83.0 cm³/mol. The van der Waals surface area contributed by atoms with Crippen molar-refractivity contribution in [3.63, 3.8) is 0 Å². The molecule has 0 amide bonds. The van der Waals surface area contributed by atoms with Crippen molar-refractivity contribution < 1.29 is 56.9 Å². The number of aliphatic imine (C=N–C) groups is 1. The van der Waals surface area contributed by atoms with Crippen LogP contribution in [0.2, 0.25) is 0 Å². The topological polar surface area (TPSA) is 54.2 Å². The van der Waals surface area contributed by atoms with Crippen molar-refractivity contribution in [3.05, 3.63) is 36.4 Å². The van der Waals surface area contributed by atoms with E-state index in [0.717, 1.165) is 29.8 Å². The number of para-hydroxylation sites is 1. The van der Waals surface area contributed by atoms with Gasteiger partial charge in [-0.1, -0.05) is 37.2 Å². The summed E-state index contributed by atoms with van der Waals surface area (Å²) < 4.78 is 5.38. The molecule has 21 heavy (non-hydrogen) atoms. The SMILES string of the molecule is CC.CC(=NO)c1ccccc1N=C1C[CH-]OC(C)C1.[Yb]. The zero-order valence-corrected chi connectivity index (χ0v) is 14.6. The minimum atomic E-state index is 0. The third-order valence-electron chi connectivity index (χ3n) is 2.89. The monoisotopic (exact) mass is 449 g/mol. The van der Waals surface area contributed by atoms with Gasteiger partial charge in [0.15, 0.2) is 0 Å². The summed E-state index contributed by atoms with van der Waals surface area (Å²) in [5.41, 5.74) is 3.35. The number of rotatable bonds is 2. The van der Waals surface area contributed by atoms with E-state index in [0.29, 0.717) is 5.71 Å². The fourth-order valence-electron chi connectivity index (χ4n) is 1.96. The maximum atomic E-state index is 8.87. The van der Waals surface area contributed by atoms with E-state index in [-0.39, 0.29) is 53.0 Å². The van der Waals surface area contributed by atoms with Gasteiger partial charge in [0.1, 0.15) is 0 Å². The molecule has 1 heterocycles. The Kier molecular flexibility index (Phi) is 11.3. The van der Waals surface area contributed by atoms with Crippen molar-refractivity contribution in [1.29, 1.82) is 0 Å². The Morgan fingerprint density at radius 3 is 2.62 bits per heavy atom. The molecule has 1 aromatic carbocycles. The molecule has 0 bridgehead atoms. The Labute approximate surface area is 165 Å². The molecule has 5 heteroatoms. The summed E-state index contributed by atoms with van der Waals surface area (Å²) >= 11 is 0. The minimum absolute atomic E-state index is 0. The van der Waals surface area contributed by atoms with Crippen LogP contribution in [-0.4, -0.2) is 22.7 Å². The quantitative estimate of drug-likeness (QED) is 0.317. The van der Waals surface area contributed by atoms with Gasteiger partial charge in [-0.3, -0.25) is 4.99 Å². The molecule has 4 nitrogen and oxygen atoms in total. The fourth-order valence-corrected chi connectivity index (χ4v) is 1.96. The first-order valence-electron chi connectivity index (χ1n) is 7.02. The molecule has 2 rings (SSSR count). The van der Waals surface area contributed by atoms with Crippen molar-refractivity contribution in [3.8, 4) is 0 Å². The summed E-state index contributed by atoms with van der Waals surface area (Å²) in [6, 6.07) is 7.67. The average Bonchev–Trinajstić information content (AvgIpc) is 2.49. The van der Waals surface area contributed by atoms with Crippen molar-refractivity contribution in [2.24, 2.45) is 10.1 Å². The average molecular weight is 448 g/mol. The van der Waals surface area contributed by atoms with Crippen LogP contribution in [0.1, 0.15) is 46.1 Å². The molecular weight excluding hydrogens is 425 g/mol. The molecule has 1 saturated heterocycles. The normalized spacial score (nSPS) is 20.3. The summed E-state index contributed by atoms with van der Waals surface area (Å²) in [4.78, 5) is 4.65. The summed E-state index contributed by atoms with van der Waals surface area (Å²) in [6.07, 6.45) is 1.76. The van der Waals surface area contributed by atoms with Gasteiger partial charge in [0.2, 0.25) is 0 Å². The number of benzene rings is 1. The maximum Gasteiger partial charge on any atom is 0.0858 e. The second-order valence-electron chi connectivity index (χ2n) is 4.40. The number of oxime groups is 1. The van der Waals surface area contributed by atoms with Gasteiger partial charge in [0.25, 0.3) is 0 Å². The standard InChI is InChI=1S/C14H17N2O2.C2H6.Yb/c1-10-9-12(7-8-18-10)15-14-6-4-3-5-13(14)11(2)16-17;1-2;/h3-6,8,10,17H,7,9H2,1-2H3;1-2H3;/q-1;;. The molecule has 1 N–H and O–H groups in total. The van der Waals surface area contributed by atoms with Crippen LogP contribution in [-0.2, 0) is 4.74 Å². The first-order valence-corrected chi connectivity index (χ1v) is 7.02. The predicted octanol–water partition coefficient (Wildman–Crippen LogP) is 4.34. The Hall–Kier alpha value is -0.161. The van der Waals surface area contributed by atoms with E-state index in [1.807, 2.05) is 45.0 Å². The molecule has 0 radical (unpaired) electrons. The van der Waals surface area contributed by atoms with Crippen LogP contribution in [0.15, 0.2) is 34.4 Å². The molecule has 1 aliphatic heterocycles. The zero-order chi connectivity index (χ0) is 15.0. The van der Waals surface area contributed by atoms with Crippen LogP contribution in [0.4, 0.5) is 5.69 Å². The summed E-state index contributed by atoms with van der Waals surface area (Å²) in [6.45, 7) is 9.58. The van der Waals surface area contributed by atoms with Gasteiger partial charge >= 0.3 is 0 Å². The van der Waals surface area contributed by atoms with Gasteiger partial charge in [0, 0.05) is 65.0 Å². The molecule has 0 aromatic heterocycles. The molecule has 1 fully saturated rings. The molecule has 1 unspecified atom stereocenters. The van der Waals surface area contributed by atoms with Gasteiger partial charge < -0.3 is 9.94 Å². The van der Waals surface area contributed by atoms with Gasteiger partial charge in [-0.05, 0) is 25.6 Å². The van der Waals surface area contributed by atoms with E-state index >= 15 is 0 Å². The van der Waals surface area contributed by atoms with Crippen LogP contribution in [0.3, 0.4) is 0 Å². The third kappa shape index (κ3) is 6.64. The number of nitrogens with zero attached hydrogens (tertiary/aromatic N) is 2. The van der Waals surface area contributed by atoms with Crippen molar-refractivity contribution in [2.75, 3.05) is 0 Å². The molecule has 1 aromatic rings. The van der Waals surface area contributed by atoms with Crippen LogP contribution in [0.25, 0.3) is 0 Å². The molecule has 0 saturated carbocycles. The Balaban J connectivity index is 0.00000128. The zero-order valence-electron chi connectivity index (χ0n) is 12.9. The summed E-state index contributed by atoms with van der Waals surface area (Å²) in [5.74, 6) is 0. The van der Waals surface area contributed by atoms with Gasteiger partial charge in [-0.25, -0.2) is 6.61 Å². The molecule has 124 valence electrons. The van der Waals surface area contributed by atoms with Gasteiger partial charge in [-0.15, -0.1) is 6.42 Å². The third-order valence-corrected chi connectivity index (χ3v) is 2.89. The Morgan fingerprint density at radius 2 is 2.00 bits per heavy atom. The molecular formula is C16H23N2O2Yb-. The van der Waals surface area contributed by atoms with E-state index in [9.17, 15) is 0 Å². The Morgan fingerprint density at radius 1 is 1.33 bits per heavy atom. The van der Waals surface area contributed by atoms with E-state index < -0.39 is 0 Å². The second-order valence-corrected chi connectivity index (χ2v) is 4.40. The van der Waals surface area contributed by atoms with Crippen LogP contribution in [0.5, 0.6) is 0 Å². The first kappa shape index (κ1) is 20.8. The van der Waals surface area contributed by atoms with Crippen LogP contribution < -0.4 is 0 Å². The largest absolute Gasteiger partial charge is 0.549 e. The number of hydrogen-bond acceptors (Lipinski definition) is 4. The number of ether oxygens (including phenoxy) is 1. The van der Waals surface area contributed by atoms with Gasteiger partial charge in [-0.2, -0.15) is 0 Å². The molecule has 0 aliphatic carbocycles. The van der Waals surface area contributed by atoms with Crippen LogP contribution in [0, 0.1) is 53.5 Å². The van der Waals surface area contributed by atoms with Crippen molar-refractivity contribution >= 4 is 17.1 Å².